The van der Waals surface area contributed by atoms with Gasteiger partial charge in [-0.3, -0.25) is 0 Å². The van der Waals surface area contributed by atoms with Crippen LogP contribution in [0, 0.1) is 6.92 Å². The Labute approximate surface area is 87.2 Å². The molecule has 1 nitrogen and oxygen atoms in total. The molecule has 1 aromatic rings. The number of hydrogen-bond donors (Lipinski definition) is 1. The molecular weight excluding hydrogens is 228 g/mol. The van der Waals surface area contributed by atoms with Gasteiger partial charge in [-0.15, -0.1) is 0 Å². The normalized spacial score (nSPS) is 11.0. The minimum absolute atomic E-state index is 0.113. The molecule has 13 heavy (non-hydrogen) atoms. The average molecular weight is 241 g/mol. The number of alkyl halides is 1. The van der Waals surface area contributed by atoms with Crippen LogP contribution in [0.15, 0.2) is 24.3 Å². The summed E-state index contributed by atoms with van der Waals surface area (Å²) in [4.78, 5) is 0. The Hall–Kier alpha value is -0.600. The van der Waals surface area contributed by atoms with Crippen molar-refractivity contribution in [2.24, 2.45) is 0 Å². The second kappa shape index (κ2) is 5.20. The average Bonchev–Trinajstić information content (AvgIpc) is 2.16. The lowest BCUT2D eigenvalue weighted by atomic mass is 10.1. The van der Waals surface area contributed by atoms with Crippen LogP contribution >= 0.6 is 15.9 Å². The number of halogens is 1. The maximum atomic E-state index is 9.03. The molecule has 0 fully saturated rings. The molecule has 0 aliphatic carbocycles. The third-order valence-corrected chi connectivity index (χ3v) is 2.32. The third kappa shape index (κ3) is 2.98. The highest BCUT2D eigenvalue weighted by Crippen LogP contribution is 2.12. The molecule has 0 radical (unpaired) electrons. The maximum absolute atomic E-state index is 9.03. The van der Waals surface area contributed by atoms with Gasteiger partial charge in [-0.1, -0.05) is 40.2 Å². The predicted octanol–water partition coefficient (Wildman–Crippen LogP) is 2.90. The van der Waals surface area contributed by atoms with Crippen molar-refractivity contribution in [3.05, 3.63) is 41.0 Å². The molecule has 0 bridgehead atoms. The number of allylic oxidation sites excluding steroid dienone is 1. The molecule has 0 aromatic heterocycles. The molecule has 0 heterocycles. The van der Waals surface area contributed by atoms with Crippen molar-refractivity contribution in [2.75, 3.05) is 5.33 Å². The van der Waals surface area contributed by atoms with Gasteiger partial charge in [-0.05, 0) is 29.7 Å². The first-order chi connectivity index (χ1) is 6.27. The monoisotopic (exact) mass is 240 g/mol. The fourth-order valence-electron chi connectivity index (χ4n) is 1.15. The summed E-state index contributed by atoms with van der Waals surface area (Å²) in [6.07, 6.45) is 4.07. The van der Waals surface area contributed by atoms with E-state index in [2.05, 4.69) is 15.9 Å². The summed E-state index contributed by atoms with van der Waals surface area (Å²) in [7, 11) is 0. The molecule has 1 rings (SSSR count). The largest absolute Gasteiger partial charge is 0.392 e. The summed E-state index contributed by atoms with van der Waals surface area (Å²) in [5.41, 5.74) is 3.27. The summed E-state index contributed by atoms with van der Waals surface area (Å²) in [5.74, 6) is 0. The Morgan fingerprint density at radius 3 is 2.85 bits per heavy atom. The lowest BCUT2D eigenvalue weighted by molar-refractivity contribution is 0.281. The van der Waals surface area contributed by atoms with Gasteiger partial charge in [0.05, 0.1) is 6.61 Å². The molecule has 0 spiro atoms. The van der Waals surface area contributed by atoms with Crippen LogP contribution in [-0.2, 0) is 6.61 Å². The van der Waals surface area contributed by atoms with Crippen LogP contribution in [-0.4, -0.2) is 10.4 Å². The van der Waals surface area contributed by atoms with Crippen LogP contribution in [0.4, 0.5) is 0 Å². The van der Waals surface area contributed by atoms with E-state index in [1.54, 1.807) is 0 Å². The predicted molar refractivity (Wildman–Crippen MR) is 59.9 cm³/mol. The molecule has 0 saturated carbocycles. The lowest BCUT2D eigenvalue weighted by Gasteiger charge is -2.02. The molecule has 0 unspecified atom stereocenters. The first kappa shape index (κ1) is 10.5. The number of benzene rings is 1. The van der Waals surface area contributed by atoms with Gasteiger partial charge < -0.3 is 5.11 Å². The lowest BCUT2D eigenvalue weighted by Crippen LogP contribution is -1.88. The van der Waals surface area contributed by atoms with Crippen LogP contribution in [0.25, 0.3) is 6.08 Å². The van der Waals surface area contributed by atoms with Crippen LogP contribution < -0.4 is 0 Å². The summed E-state index contributed by atoms with van der Waals surface area (Å²) in [6.45, 7) is 2.12. The van der Waals surface area contributed by atoms with Crippen molar-refractivity contribution in [3.8, 4) is 0 Å². The minimum atomic E-state index is 0.113. The zero-order chi connectivity index (χ0) is 9.68. The Kier molecular flexibility index (Phi) is 4.19. The Morgan fingerprint density at radius 2 is 2.23 bits per heavy atom. The SMILES string of the molecule is Cc1ccc(C=CCBr)cc1CO. The number of aryl methyl sites for hydroxylation is 1. The van der Waals surface area contributed by atoms with Crippen molar-refractivity contribution in [1.82, 2.24) is 0 Å². The smallest absolute Gasteiger partial charge is 0.0684 e. The van der Waals surface area contributed by atoms with Gasteiger partial charge in [-0.25, -0.2) is 0 Å². The Balaban J connectivity index is 2.92. The van der Waals surface area contributed by atoms with E-state index in [0.717, 1.165) is 22.0 Å². The second-order valence-electron chi connectivity index (χ2n) is 2.90. The van der Waals surface area contributed by atoms with Gasteiger partial charge in [0.2, 0.25) is 0 Å². The van der Waals surface area contributed by atoms with E-state index < -0.39 is 0 Å². The standard InChI is InChI=1S/C11H13BrO/c1-9-4-5-10(3-2-6-12)7-11(9)8-13/h2-5,7,13H,6,8H2,1H3. The highest BCUT2D eigenvalue weighted by Gasteiger charge is 1.96. The van der Waals surface area contributed by atoms with Crippen LogP contribution in [0.1, 0.15) is 16.7 Å². The van der Waals surface area contributed by atoms with Crippen LogP contribution in [0.2, 0.25) is 0 Å². The van der Waals surface area contributed by atoms with Crippen molar-refractivity contribution in [3.63, 3.8) is 0 Å². The molecule has 70 valence electrons. The van der Waals surface area contributed by atoms with E-state index in [0.29, 0.717) is 0 Å². The molecule has 0 saturated heterocycles. The van der Waals surface area contributed by atoms with E-state index in [-0.39, 0.29) is 6.61 Å². The number of hydrogen-bond acceptors (Lipinski definition) is 1. The summed E-state index contributed by atoms with van der Waals surface area (Å²) in [5, 5.41) is 9.89. The van der Waals surface area contributed by atoms with Crippen molar-refractivity contribution in [1.29, 1.82) is 0 Å². The summed E-state index contributed by atoms with van der Waals surface area (Å²) < 4.78 is 0. The van der Waals surface area contributed by atoms with E-state index in [4.69, 9.17) is 5.11 Å². The topological polar surface area (TPSA) is 20.2 Å². The molecule has 0 atom stereocenters. The van der Waals surface area contributed by atoms with Crippen molar-refractivity contribution < 1.29 is 5.11 Å². The van der Waals surface area contributed by atoms with Gasteiger partial charge in [0.25, 0.3) is 0 Å². The van der Waals surface area contributed by atoms with Crippen LogP contribution in [0.3, 0.4) is 0 Å². The van der Waals surface area contributed by atoms with Gasteiger partial charge in [0.1, 0.15) is 0 Å². The van der Waals surface area contributed by atoms with Gasteiger partial charge in [0.15, 0.2) is 0 Å². The third-order valence-electron chi connectivity index (χ3n) is 1.94. The fraction of sp³-hybridized carbons (Fsp3) is 0.273. The van der Waals surface area contributed by atoms with Gasteiger partial charge in [0, 0.05) is 5.33 Å². The zero-order valence-electron chi connectivity index (χ0n) is 7.63. The van der Waals surface area contributed by atoms with Crippen molar-refractivity contribution in [2.45, 2.75) is 13.5 Å². The molecule has 0 aliphatic heterocycles. The highest BCUT2D eigenvalue weighted by molar-refractivity contribution is 9.09. The summed E-state index contributed by atoms with van der Waals surface area (Å²) in [6, 6.07) is 6.08. The van der Waals surface area contributed by atoms with E-state index >= 15 is 0 Å². The fourth-order valence-corrected chi connectivity index (χ4v) is 1.33. The first-order valence-corrected chi connectivity index (χ1v) is 5.33. The summed E-state index contributed by atoms with van der Waals surface area (Å²) >= 11 is 3.32. The van der Waals surface area contributed by atoms with E-state index in [9.17, 15) is 0 Å². The van der Waals surface area contributed by atoms with Gasteiger partial charge >= 0.3 is 0 Å². The van der Waals surface area contributed by atoms with E-state index in [1.807, 2.05) is 37.3 Å². The molecule has 2 heteroatoms. The minimum Gasteiger partial charge on any atom is -0.392 e. The van der Waals surface area contributed by atoms with E-state index in [1.165, 1.54) is 0 Å². The molecule has 1 N–H and O–H groups in total. The van der Waals surface area contributed by atoms with Crippen molar-refractivity contribution >= 4 is 22.0 Å². The molecular formula is C11H13BrO. The zero-order valence-corrected chi connectivity index (χ0v) is 9.21. The number of aliphatic hydroxyl groups excluding tert-OH is 1. The van der Waals surface area contributed by atoms with Crippen LogP contribution in [0.5, 0.6) is 0 Å². The second-order valence-corrected chi connectivity index (χ2v) is 3.55. The number of aliphatic hydroxyl groups is 1. The first-order valence-electron chi connectivity index (χ1n) is 4.21. The van der Waals surface area contributed by atoms with Gasteiger partial charge in [-0.2, -0.15) is 0 Å². The Morgan fingerprint density at radius 1 is 1.46 bits per heavy atom. The Bertz CT molecular complexity index is 305. The number of rotatable bonds is 3. The molecule has 1 aromatic carbocycles. The molecule has 0 amide bonds. The highest BCUT2D eigenvalue weighted by atomic mass is 79.9. The maximum Gasteiger partial charge on any atom is 0.0684 e. The quantitative estimate of drug-likeness (QED) is 0.806. The molecule has 0 aliphatic rings.